The molecule has 2 N–H and O–H groups in total. The van der Waals surface area contributed by atoms with Gasteiger partial charge in [0.15, 0.2) is 8.88 Å². The number of furan rings is 1. The van der Waals surface area contributed by atoms with E-state index in [1.54, 1.807) is 12.1 Å². The van der Waals surface area contributed by atoms with Crippen LogP contribution < -0.4 is 10.6 Å². The molecule has 78 valence electrons. The van der Waals surface area contributed by atoms with Crippen molar-refractivity contribution < 1.29 is 9.21 Å². The number of carbonyl (C=O) groups excluding carboxylic acids is 1. The molecule has 1 aromatic heterocycles. The summed E-state index contributed by atoms with van der Waals surface area (Å²) in [4.78, 5) is 11.3. The third-order valence-electron chi connectivity index (χ3n) is 1.67. The van der Waals surface area contributed by atoms with Crippen LogP contribution in [0.4, 0.5) is 0 Å². The Bertz CT molecular complexity index is 463. The van der Waals surface area contributed by atoms with Gasteiger partial charge in [-0.15, -0.1) is 0 Å². The lowest BCUT2D eigenvalue weighted by atomic mass is 10.3. The van der Waals surface area contributed by atoms with Crippen molar-refractivity contribution in [1.29, 1.82) is 0 Å². The molecule has 0 saturated carbocycles. The van der Waals surface area contributed by atoms with Gasteiger partial charge in [-0.2, -0.15) is 0 Å². The first-order valence-corrected chi connectivity index (χ1v) is 6.13. The van der Waals surface area contributed by atoms with Gasteiger partial charge in [-0.25, -0.2) is 0 Å². The number of rotatable bonds is 1. The van der Waals surface area contributed by atoms with Crippen LogP contribution in [0.25, 0.3) is 6.08 Å². The molecule has 0 unspecified atom stereocenters. The highest BCUT2D eigenvalue weighted by Crippen LogP contribution is 2.24. The summed E-state index contributed by atoms with van der Waals surface area (Å²) in [6.45, 7) is 0. The van der Waals surface area contributed by atoms with Gasteiger partial charge in [-0.05, 0) is 34.2 Å². The van der Waals surface area contributed by atoms with Crippen molar-refractivity contribution in [2.24, 2.45) is 0 Å². The Morgan fingerprint density at radius 3 is 2.73 bits per heavy atom. The Kier molecular flexibility index (Phi) is 3.12. The zero-order valence-electron chi connectivity index (χ0n) is 7.14. The van der Waals surface area contributed by atoms with Crippen LogP contribution >= 0.6 is 50.7 Å². The Morgan fingerprint density at radius 2 is 2.27 bits per heavy atom. The molecule has 2 rings (SSSR count). The summed E-state index contributed by atoms with van der Waals surface area (Å²) in [5.74, 6) is 0.344. The predicted molar refractivity (Wildman–Crippen MR) is 71.0 cm³/mol. The summed E-state index contributed by atoms with van der Waals surface area (Å²) in [6, 6.07) is 1.78. The van der Waals surface area contributed by atoms with Gasteiger partial charge in [0.05, 0.1) is 4.47 Å². The first-order chi connectivity index (χ1) is 7.06. The number of hydrogen-bond acceptors (Lipinski definition) is 3. The second-order valence-electron chi connectivity index (χ2n) is 2.74. The van der Waals surface area contributed by atoms with Crippen LogP contribution in [0, 0.1) is 3.77 Å². The lowest BCUT2D eigenvalue weighted by Crippen LogP contribution is -2.21. The van der Waals surface area contributed by atoms with E-state index < -0.39 is 0 Å². The lowest BCUT2D eigenvalue weighted by molar-refractivity contribution is -0.115. The monoisotopic (exact) mass is 398 g/mol. The molecule has 0 aromatic carbocycles. The fourth-order valence-electron chi connectivity index (χ4n) is 1.06. The van der Waals surface area contributed by atoms with E-state index in [-0.39, 0.29) is 5.91 Å². The van der Waals surface area contributed by atoms with E-state index in [4.69, 9.17) is 16.6 Å². The highest BCUT2D eigenvalue weighted by atomic mass is 127. The topological polar surface area (TPSA) is 54.3 Å². The second-order valence-corrected chi connectivity index (χ2v) is 4.98. The molecular formula is C8H4BrIN2O2S. The number of amides is 1. The van der Waals surface area contributed by atoms with Crippen LogP contribution in [-0.4, -0.2) is 11.0 Å². The fraction of sp³-hybridized carbons (Fsp3) is 0. The first-order valence-electron chi connectivity index (χ1n) is 3.85. The normalized spacial score (nSPS) is 18.1. The molecule has 15 heavy (non-hydrogen) atoms. The standard InChI is InChI=1S/C8H4BrIN2O2S/c9-4-1-3(14-6(4)10)2-5-7(13)12-8(15)11-5/h1-2H,(H2,11,12,13,15)/b5-2-. The molecule has 0 radical (unpaired) electrons. The average molecular weight is 399 g/mol. The van der Waals surface area contributed by atoms with Gasteiger partial charge in [0.2, 0.25) is 0 Å². The minimum Gasteiger partial charge on any atom is -0.450 e. The zero-order valence-corrected chi connectivity index (χ0v) is 11.7. The molecule has 0 bridgehead atoms. The molecule has 1 aromatic rings. The number of nitrogens with one attached hydrogen (secondary N) is 2. The number of halogens is 2. The van der Waals surface area contributed by atoms with Crippen LogP contribution in [0.2, 0.25) is 0 Å². The highest BCUT2D eigenvalue weighted by molar-refractivity contribution is 14.1. The maximum atomic E-state index is 11.3. The van der Waals surface area contributed by atoms with Crippen molar-refractivity contribution >= 4 is 67.8 Å². The zero-order chi connectivity index (χ0) is 11.0. The molecule has 1 aliphatic rings. The van der Waals surface area contributed by atoms with Gasteiger partial charge in [-0.1, -0.05) is 0 Å². The van der Waals surface area contributed by atoms with E-state index in [0.717, 1.165) is 8.24 Å². The molecule has 7 heteroatoms. The van der Waals surface area contributed by atoms with Crippen molar-refractivity contribution in [1.82, 2.24) is 10.6 Å². The SMILES string of the molecule is O=C1NC(=S)N/C1=C\c1cc(Br)c(I)o1. The Morgan fingerprint density at radius 1 is 1.53 bits per heavy atom. The van der Waals surface area contributed by atoms with E-state index in [9.17, 15) is 4.79 Å². The molecular weight excluding hydrogens is 395 g/mol. The molecule has 4 nitrogen and oxygen atoms in total. The maximum absolute atomic E-state index is 11.3. The average Bonchev–Trinajstić information content (AvgIpc) is 2.59. The number of carbonyl (C=O) groups is 1. The van der Waals surface area contributed by atoms with Crippen molar-refractivity contribution in [3.63, 3.8) is 0 Å². The molecule has 0 atom stereocenters. The summed E-state index contributed by atoms with van der Waals surface area (Å²) in [6.07, 6.45) is 1.60. The molecule has 0 aliphatic carbocycles. The van der Waals surface area contributed by atoms with Gasteiger partial charge in [0.1, 0.15) is 11.5 Å². The second kappa shape index (κ2) is 4.22. The lowest BCUT2D eigenvalue weighted by Gasteiger charge is -1.91. The van der Waals surface area contributed by atoms with Crippen molar-refractivity contribution in [2.75, 3.05) is 0 Å². The number of thiocarbonyl (C=S) groups is 1. The molecule has 1 fully saturated rings. The van der Waals surface area contributed by atoms with Crippen molar-refractivity contribution in [3.05, 3.63) is 25.8 Å². The van der Waals surface area contributed by atoms with Gasteiger partial charge in [0.25, 0.3) is 5.91 Å². The van der Waals surface area contributed by atoms with E-state index in [2.05, 4.69) is 49.2 Å². The molecule has 1 saturated heterocycles. The van der Waals surface area contributed by atoms with E-state index in [1.807, 2.05) is 0 Å². The van der Waals surface area contributed by atoms with Crippen LogP contribution in [-0.2, 0) is 4.79 Å². The summed E-state index contributed by atoms with van der Waals surface area (Å²) >= 11 is 10.2. The Hall–Kier alpha value is -0.410. The fourth-order valence-corrected chi connectivity index (χ4v) is 1.98. The first kappa shape index (κ1) is 11.1. The number of hydrogen-bond donors (Lipinski definition) is 2. The Balaban J connectivity index is 2.30. The smallest absolute Gasteiger partial charge is 0.274 e. The minimum atomic E-state index is -0.248. The third kappa shape index (κ3) is 2.40. The van der Waals surface area contributed by atoms with Gasteiger partial charge in [0, 0.05) is 28.7 Å². The maximum Gasteiger partial charge on any atom is 0.274 e. The molecule has 1 aliphatic heterocycles. The minimum absolute atomic E-state index is 0.248. The summed E-state index contributed by atoms with van der Waals surface area (Å²) in [5.41, 5.74) is 0.387. The van der Waals surface area contributed by atoms with Crippen LogP contribution in [0.15, 0.2) is 20.7 Å². The van der Waals surface area contributed by atoms with E-state index in [0.29, 0.717) is 16.6 Å². The van der Waals surface area contributed by atoms with Crippen LogP contribution in [0.5, 0.6) is 0 Å². The largest absolute Gasteiger partial charge is 0.450 e. The molecule has 2 heterocycles. The summed E-state index contributed by atoms with van der Waals surface area (Å²) in [7, 11) is 0. The third-order valence-corrected chi connectivity index (χ3v) is 4.01. The van der Waals surface area contributed by atoms with Crippen LogP contribution in [0.3, 0.4) is 0 Å². The van der Waals surface area contributed by atoms with E-state index in [1.165, 1.54) is 0 Å². The predicted octanol–water partition coefficient (Wildman–Crippen LogP) is 1.99. The molecule has 1 amide bonds. The van der Waals surface area contributed by atoms with Gasteiger partial charge in [-0.3, -0.25) is 10.1 Å². The van der Waals surface area contributed by atoms with Crippen molar-refractivity contribution in [2.45, 2.75) is 0 Å². The summed E-state index contributed by atoms with van der Waals surface area (Å²) < 4.78 is 6.95. The molecule has 0 spiro atoms. The van der Waals surface area contributed by atoms with Gasteiger partial charge >= 0.3 is 0 Å². The quantitative estimate of drug-likeness (QED) is 0.431. The Labute approximate surface area is 113 Å². The van der Waals surface area contributed by atoms with Crippen LogP contribution in [0.1, 0.15) is 5.76 Å². The van der Waals surface area contributed by atoms with Crippen molar-refractivity contribution in [3.8, 4) is 0 Å². The van der Waals surface area contributed by atoms with E-state index >= 15 is 0 Å². The summed E-state index contributed by atoms with van der Waals surface area (Å²) in [5, 5.41) is 5.51. The van der Waals surface area contributed by atoms with Gasteiger partial charge < -0.3 is 9.73 Å². The highest BCUT2D eigenvalue weighted by Gasteiger charge is 2.20.